The molecule has 0 aliphatic heterocycles. The average molecular weight is 280 g/mol. The molecular formula is C15H12N4O2. The summed E-state index contributed by atoms with van der Waals surface area (Å²) in [5, 5.41) is 18.9. The van der Waals surface area contributed by atoms with Gasteiger partial charge in [-0.15, -0.1) is 0 Å². The maximum atomic E-state index is 12.1. The molecular weight excluding hydrogens is 268 g/mol. The van der Waals surface area contributed by atoms with Crippen LogP contribution in [0.3, 0.4) is 0 Å². The highest BCUT2D eigenvalue weighted by Gasteiger charge is 2.13. The van der Waals surface area contributed by atoms with E-state index in [2.05, 4.69) is 20.5 Å². The average Bonchev–Trinajstić information content (AvgIpc) is 3.00. The molecule has 0 bridgehead atoms. The second-order valence-corrected chi connectivity index (χ2v) is 4.36. The highest BCUT2D eigenvalue weighted by atomic mass is 16.3. The van der Waals surface area contributed by atoms with Crippen LogP contribution in [-0.2, 0) is 0 Å². The minimum Gasteiger partial charge on any atom is -0.504 e. The Balaban J connectivity index is 1.80. The largest absolute Gasteiger partial charge is 0.504 e. The van der Waals surface area contributed by atoms with Gasteiger partial charge in [0.2, 0.25) is 0 Å². The summed E-state index contributed by atoms with van der Waals surface area (Å²) in [5.41, 5.74) is 1.87. The smallest absolute Gasteiger partial charge is 0.274 e. The van der Waals surface area contributed by atoms with Crippen LogP contribution in [0, 0.1) is 0 Å². The first-order valence-electron chi connectivity index (χ1n) is 6.30. The van der Waals surface area contributed by atoms with Gasteiger partial charge in [0.15, 0.2) is 11.6 Å². The van der Waals surface area contributed by atoms with Crippen molar-refractivity contribution in [3.05, 3.63) is 60.4 Å². The fourth-order valence-electron chi connectivity index (χ4n) is 1.86. The first-order valence-corrected chi connectivity index (χ1v) is 6.30. The molecule has 0 saturated heterocycles. The van der Waals surface area contributed by atoms with Gasteiger partial charge >= 0.3 is 0 Å². The molecule has 1 amide bonds. The van der Waals surface area contributed by atoms with Crippen molar-refractivity contribution in [1.82, 2.24) is 15.2 Å². The third kappa shape index (κ3) is 2.74. The number of nitrogens with one attached hydrogen (secondary N) is 2. The summed E-state index contributed by atoms with van der Waals surface area (Å²) >= 11 is 0. The number of hydrogen-bond acceptors (Lipinski definition) is 4. The van der Waals surface area contributed by atoms with Gasteiger partial charge in [-0.3, -0.25) is 9.89 Å². The first kappa shape index (κ1) is 12.9. The zero-order valence-corrected chi connectivity index (χ0v) is 10.9. The Morgan fingerprint density at radius 1 is 1.14 bits per heavy atom. The van der Waals surface area contributed by atoms with Gasteiger partial charge in [0.05, 0.1) is 5.69 Å². The fourth-order valence-corrected chi connectivity index (χ4v) is 1.86. The van der Waals surface area contributed by atoms with E-state index in [9.17, 15) is 9.90 Å². The number of aromatic nitrogens is 3. The third-order valence-electron chi connectivity index (χ3n) is 2.91. The lowest BCUT2D eigenvalue weighted by atomic mass is 10.1. The number of aromatic amines is 1. The van der Waals surface area contributed by atoms with Gasteiger partial charge in [-0.05, 0) is 18.2 Å². The standard InChI is InChI=1S/C15H12N4O2/c20-13-7-4-8-16-14(13)17-15(21)12-9-11(18-19-12)10-5-2-1-3-6-10/h1-9,20H,(H,18,19)(H,16,17,21). The van der Waals surface area contributed by atoms with Gasteiger partial charge in [-0.2, -0.15) is 5.10 Å². The lowest BCUT2D eigenvalue weighted by molar-refractivity contribution is 0.102. The molecule has 0 saturated carbocycles. The Hall–Kier alpha value is -3.15. The summed E-state index contributed by atoms with van der Waals surface area (Å²) in [6, 6.07) is 14.2. The zero-order chi connectivity index (χ0) is 14.7. The minimum atomic E-state index is -0.418. The van der Waals surface area contributed by atoms with Crippen molar-refractivity contribution in [2.24, 2.45) is 0 Å². The molecule has 21 heavy (non-hydrogen) atoms. The molecule has 3 N–H and O–H groups in total. The number of aromatic hydroxyl groups is 1. The highest BCUT2D eigenvalue weighted by molar-refractivity contribution is 6.03. The van der Waals surface area contributed by atoms with E-state index in [1.807, 2.05) is 30.3 Å². The Labute approximate surface area is 120 Å². The molecule has 3 aromatic rings. The van der Waals surface area contributed by atoms with E-state index in [0.29, 0.717) is 11.4 Å². The molecule has 2 aromatic heterocycles. The Morgan fingerprint density at radius 3 is 2.71 bits per heavy atom. The molecule has 0 fully saturated rings. The lowest BCUT2D eigenvalue weighted by Gasteiger charge is -2.03. The van der Waals surface area contributed by atoms with Crippen LogP contribution in [0.2, 0.25) is 0 Å². The maximum absolute atomic E-state index is 12.1. The van der Waals surface area contributed by atoms with Crippen LogP contribution in [0.15, 0.2) is 54.7 Å². The number of H-pyrrole nitrogens is 1. The molecule has 104 valence electrons. The van der Waals surface area contributed by atoms with E-state index in [1.54, 1.807) is 12.1 Å². The SMILES string of the molecule is O=C(Nc1ncccc1O)c1cc(-c2ccccc2)n[nH]1. The molecule has 0 atom stereocenters. The number of nitrogens with zero attached hydrogens (tertiary/aromatic N) is 2. The molecule has 2 heterocycles. The Bertz CT molecular complexity index is 768. The van der Waals surface area contributed by atoms with Gasteiger partial charge in [0.25, 0.3) is 5.91 Å². The molecule has 0 unspecified atom stereocenters. The summed E-state index contributed by atoms with van der Waals surface area (Å²) in [4.78, 5) is 16.0. The van der Waals surface area contributed by atoms with E-state index in [1.165, 1.54) is 12.3 Å². The van der Waals surface area contributed by atoms with E-state index < -0.39 is 5.91 Å². The van der Waals surface area contributed by atoms with Crippen molar-refractivity contribution < 1.29 is 9.90 Å². The Kier molecular flexibility index (Phi) is 3.34. The van der Waals surface area contributed by atoms with Crippen LogP contribution in [-0.4, -0.2) is 26.2 Å². The summed E-state index contributed by atoms with van der Waals surface area (Å²) in [5.74, 6) is -0.398. The monoisotopic (exact) mass is 280 g/mol. The number of rotatable bonds is 3. The molecule has 1 aromatic carbocycles. The van der Waals surface area contributed by atoms with Crippen molar-refractivity contribution in [2.45, 2.75) is 0 Å². The fraction of sp³-hybridized carbons (Fsp3) is 0. The summed E-state index contributed by atoms with van der Waals surface area (Å²) < 4.78 is 0. The van der Waals surface area contributed by atoms with Crippen molar-refractivity contribution in [3.8, 4) is 17.0 Å². The van der Waals surface area contributed by atoms with Gasteiger partial charge < -0.3 is 10.4 Å². The Morgan fingerprint density at radius 2 is 1.95 bits per heavy atom. The van der Waals surface area contributed by atoms with Crippen molar-refractivity contribution in [1.29, 1.82) is 0 Å². The molecule has 0 aliphatic carbocycles. The van der Waals surface area contributed by atoms with Crippen LogP contribution in [0.5, 0.6) is 5.75 Å². The maximum Gasteiger partial charge on any atom is 0.274 e. The van der Waals surface area contributed by atoms with E-state index >= 15 is 0 Å². The van der Waals surface area contributed by atoms with Crippen LogP contribution in [0.25, 0.3) is 11.3 Å². The summed E-state index contributed by atoms with van der Waals surface area (Å²) in [6.07, 6.45) is 1.48. The van der Waals surface area contributed by atoms with Crippen molar-refractivity contribution in [3.63, 3.8) is 0 Å². The number of anilines is 1. The van der Waals surface area contributed by atoms with Crippen LogP contribution in [0.4, 0.5) is 5.82 Å². The normalized spacial score (nSPS) is 10.3. The number of carbonyl (C=O) groups is 1. The van der Waals surface area contributed by atoms with Crippen LogP contribution < -0.4 is 5.32 Å². The molecule has 6 nitrogen and oxygen atoms in total. The van der Waals surface area contributed by atoms with Gasteiger partial charge in [-0.25, -0.2) is 4.98 Å². The first-order chi connectivity index (χ1) is 10.2. The van der Waals surface area contributed by atoms with Gasteiger partial charge in [-0.1, -0.05) is 30.3 Å². The van der Waals surface area contributed by atoms with E-state index in [4.69, 9.17) is 0 Å². The van der Waals surface area contributed by atoms with Crippen molar-refractivity contribution in [2.75, 3.05) is 5.32 Å². The quantitative estimate of drug-likeness (QED) is 0.687. The second kappa shape index (κ2) is 5.46. The van der Waals surface area contributed by atoms with E-state index in [-0.39, 0.29) is 11.6 Å². The predicted molar refractivity (Wildman–Crippen MR) is 77.9 cm³/mol. The van der Waals surface area contributed by atoms with Gasteiger partial charge in [0.1, 0.15) is 5.69 Å². The molecule has 3 rings (SSSR count). The van der Waals surface area contributed by atoms with E-state index in [0.717, 1.165) is 5.56 Å². The number of amides is 1. The van der Waals surface area contributed by atoms with Crippen molar-refractivity contribution >= 4 is 11.7 Å². The molecule has 0 aliphatic rings. The molecule has 0 radical (unpaired) electrons. The molecule has 6 heteroatoms. The third-order valence-corrected chi connectivity index (χ3v) is 2.91. The predicted octanol–water partition coefficient (Wildman–Crippen LogP) is 2.43. The lowest BCUT2D eigenvalue weighted by Crippen LogP contribution is -2.13. The number of benzene rings is 1. The highest BCUT2D eigenvalue weighted by Crippen LogP contribution is 2.20. The second-order valence-electron chi connectivity index (χ2n) is 4.36. The number of hydrogen-bond donors (Lipinski definition) is 3. The van der Waals surface area contributed by atoms with Crippen LogP contribution >= 0.6 is 0 Å². The topological polar surface area (TPSA) is 90.9 Å². The van der Waals surface area contributed by atoms with Crippen LogP contribution in [0.1, 0.15) is 10.5 Å². The number of carbonyl (C=O) groups excluding carboxylic acids is 1. The number of pyridine rings is 1. The summed E-state index contributed by atoms with van der Waals surface area (Å²) in [7, 11) is 0. The minimum absolute atomic E-state index is 0.0892. The zero-order valence-electron chi connectivity index (χ0n) is 10.9. The summed E-state index contributed by atoms with van der Waals surface area (Å²) in [6.45, 7) is 0. The molecule has 0 spiro atoms. The van der Waals surface area contributed by atoms with Gasteiger partial charge in [0, 0.05) is 11.8 Å².